The fourth-order valence-electron chi connectivity index (χ4n) is 0.807. The monoisotopic (exact) mass is 194 g/mol. The number of carbonyl (C=O) groups is 2. The van der Waals surface area contributed by atoms with Crippen LogP contribution in [0.4, 0.5) is 4.79 Å². The first kappa shape index (κ1) is 8.67. The van der Waals surface area contributed by atoms with Crippen LogP contribution in [0.5, 0.6) is 0 Å². The van der Waals surface area contributed by atoms with Crippen molar-refractivity contribution in [2.75, 3.05) is 6.54 Å². The number of hydrogen-bond acceptors (Lipinski definition) is 3. The minimum absolute atomic E-state index is 0.135. The minimum Gasteiger partial charge on any atom is -0.273 e. The fourth-order valence-corrected chi connectivity index (χ4v) is 1.26. The normalized spacial score (nSPS) is 23.6. The number of amides is 2. The summed E-state index contributed by atoms with van der Waals surface area (Å²) in [5.41, 5.74) is 2.39. The molecule has 0 aromatic carbocycles. The van der Waals surface area contributed by atoms with Gasteiger partial charge in [-0.1, -0.05) is 6.92 Å². The third-order valence-corrected chi connectivity index (χ3v) is 2.18. The summed E-state index contributed by atoms with van der Waals surface area (Å²) in [7, 11) is 5.77. The van der Waals surface area contributed by atoms with Crippen LogP contribution >= 0.6 is 21.7 Å². The third-order valence-electron chi connectivity index (χ3n) is 1.44. The van der Waals surface area contributed by atoms with Crippen molar-refractivity contribution in [3.8, 4) is 0 Å². The summed E-state index contributed by atoms with van der Waals surface area (Å²) in [5.74, 6) is -0.271. The smallest absolute Gasteiger partial charge is 0.273 e. The molecule has 1 N–H and O–H groups in total. The fraction of sp³-hybridized carbons (Fsp3) is 0.600. The third kappa shape index (κ3) is 1.78. The van der Waals surface area contributed by atoms with Gasteiger partial charge in [0.05, 0.1) is 12.5 Å². The van der Waals surface area contributed by atoms with Gasteiger partial charge in [-0.25, -0.2) is 5.01 Å². The maximum Gasteiger partial charge on any atom is 0.315 e. The molecule has 0 aromatic rings. The highest BCUT2D eigenvalue weighted by Crippen LogP contribution is 2.16. The second-order valence-corrected chi connectivity index (χ2v) is 3.30. The quantitative estimate of drug-likeness (QED) is 0.626. The number of nitrogens with one attached hydrogen (secondary N) is 1. The van der Waals surface area contributed by atoms with Crippen molar-refractivity contribution >= 4 is 32.8 Å². The van der Waals surface area contributed by atoms with Crippen molar-refractivity contribution in [2.45, 2.75) is 6.92 Å². The van der Waals surface area contributed by atoms with Crippen molar-refractivity contribution in [1.82, 2.24) is 10.4 Å². The van der Waals surface area contributed by atoms with Crippen molar-refractivity contribution in [1.29, 1.82) is 0 Å². The van der Waals surface area contributed by atoms with Gasteiger partial charge in [-0.3, -0.25) is 15.0 Å². The van der Waals surface area contributed by atoms with E-state index in [-0.39, 0.29) is 17.1 Å². The molecule has 1 heterocycles. The van der Waals surface area contributed by atoms with Crippen LogP contribution in [0.3, 0.4) is 0 Å². The average molecular weight is 195 g/mol. The van der Waals surface area contributed by atoms with Gasteiger partial charge < -0.3 is 0 Å². The molecule has 0 bridgehead atoms. The summed E-state index contributed by atoms with van der Waals surface area (Å²) < 4.78 is 0. The van der Waals surface area contributed by atoms with Crippen molar-refractivity contribution < 1.29 is 9.59 Å². The zero-order chi connectivity index (χ0) is 8.43. The lowest BCUT2D eigenvalue weighted by Gasteiger charge is -2.11. The molecule has 0 aliphatic carbocycles. The van der Waals surface area contributed by atoms with Crippen molar-refractivity contribution in [3.05, 3.63) is 0 Å². The maximum atomic E-state index is 10.8. The maximum absolute atomic E-state index is 10.8. The van der Waals surface area contributed by atoms with Crippen LogP contribution < -0.4 is 5.43 Å². The summed E-state index contributed by atoms with van der Waals surface area (Å²) in [5, 5.41) is 0.870. The van der Waals surface area contributed by atoms with E-state index in [0.29, 0.717) is 17.5 Å². The first-order valence-electron chi connectivity index (χ1n) is 3.05. The first-order valence-corrected chi connectivity index (χ1v) is 4.70. The molecule has 62 valence electrons. The molecule has 1 fully saturated rings. The van der Waals surface area contributed by atoms with E-state index in [0.717, 1.165) is 0 Å². The average Bonchev–Trinajstić information content (AvgIpc) is 2.31. The SMILES string of the molecule is CC1CN(C(=O)SCl)NC1=O. The highest BCUT2D eigenvalue weighted by Gasteiger charge is 2.29. The van der Waals surface area contributed by atoms with Gasteiger partial charge in [0.25, 0.3) is 0 Å². The van der Waals surface area contributed by atoms with Crippen molar-refractivity contribution in [2.24, 2.45) is 5.92 Å². The number of hydrazine groups is 1. The molecule has 1 unspecified atom stereocenters. The number of rotatable bonds is 0. The van der Waals surface area contributed by atoms with Crippen LogP contribution in [0.2, 0.25) is 0 Å². The second kappa shape index (κ2) is 3.32. The van der Waals surface area contributed by atoms with Crippen LogP contribution in [0.25, 0.3) is 0 Å². The summed E-state index contributed by atoms with van der Waals surface area (Å²) in [6, 6.07) is 0. The van der Waals surface area contributed by atoms with E-state index < -0.39 is 0 Å². The number of carbonyl (C=O) groups excluding carboxylic acids is 2. The van der Waals surface area contributed by atoms with Crippen LogP contribution in [0.15, 0.2) is 0 Å². The molecular formula is C5H7ClN2O2S. The van der Waals surface area contributed by atoms with Gasteiger partial charge in [-0.2, -0.15) is 0 Å². The predicted molar refractivity (Wildman–Crippen MR) is 42.9 cm³/mol. The molecule has 0 aromatic heterocycles. The van der Waals surface area contributed by atoms with E-state index in [4.69, 9.17) is 10.7 Å². The molecule has 2 amide bonds. The number of nitrogens with zero attached hydrogens (tertiary/aromatic N) is 1. The highest BCUT2D eigenvalue weighted by atomic mass is 35.7. The highest BCUT2D eigenvalue weighted by molar-refractivity contribution is 8.32. The minimum atomic E-state index is -0.343. The lowest BCUT2D eigenvalue weighted by molar-refractivity contribution is -0.122. The number of hydrogen-bond donors (Lipinski definition) is 1. The molecule has 4 nitrogen and oxygen atoms in total. The largest absolute Gasteiger partial charge is 0.315 e. The van der Waals surface area contributed by atoms with E-state index in [2.05, 4.69) is 5.43 Å². The van der Waals surface area contributed by atoms with Crippen LogP contribution in [-0.2, 0) is 4.79 Å². The molecule has 1 aliphatic rings. The van der Waals surface area contributed by atoms with E-state index in [9.17, 15) is 9.59 Å². The van der Waals surface area contributed by atoms with Gasteiger partial charge in [-0.15, -0.1) is 0 Å². The standard InChI is InChI=1S/C5H7ClN2O2S/c1-3-2-8(5(10)11-6)7-4(3)9/h3H,2H2,1H3,(H,7,9). The predicted octanol–water partition coefficient (Wildman–Crippen LogP) is 0.976. The molecule has 1 saturated heterocycles. The molecule has 6 heteroatoms. The van der Waals surface area contributed by atoms with E-state index in [1.54, 1.807) is 6.92 Å². The van der Waals surface area contributed by atoms with Crippen molar-refractivity contribution in [3.63, 3.8) is 0 Å². The molecule has 1 rings (SSSR count). The van der Waals surface area contributed by atoms with Crippen LogP contribution in [0.1, 0.15) is 6.92 Å². The summed E-state index contributed by atoms with van der Waals surface area (Å²) in [6.45, 7) is 2.15. The lowest BCUT2D eigenvalue weighted by atomic mass is 10.2. The van der Waals surface area contributed by atoms with Crippen LogP contribution in [-0.4, -0.2) is 22.7 Å². The molecule has 1 atom stereocenters. The van der Waals surface area contributed by atoms with Gasteiger partial charge >= 0.3 is 5.24 Å². The topological polar surface area (TPSA) is 49.4 Å². The summed E-state index contributed by atoms with van der Waals surface area (Å²) in [4.78, 5) is 21.7. The Morgan fingerprint density at radius 1 is 1.91 bits per heavy atom. The Bertz CT molecular complexity index is 199. The summed E-state index contributed by atoms with van der Waals surface area (Å²) in [6.07, 6.45) is 0. The molecule has 11 heavy (non-hydrogen) atoms. The zero-order valence-corrected chi connectivity index (χ0v) is 7.41. The Morgan fingerprint density at radius 2 is 2.55 bits per heavy atom. The number of halogens is 1. The Labute approximate surface area is 72.7 Å². The van der Waals surface area contributed by atoms with E-state index in [1.807, 2.05) is 0 Å². The van der Waals surface area contributed by atoms with Gasteiger partial charge in [0, 0.05) is 11.0 Å². The van der Waals surface area contributed by atoms with Gasteiger partial charge in [0.1, 0.15) is 0 Å². The second-order valence-electron chi connectivity index (χ2n) is 2.33. The molecule has 0 spiro atoms. The van der Waals surface area contributed by atoms with Gasteiger partial charge in [0.15, 0.2) is 0 Å². The lowest BCUT2D eigenvalue weighted by Crippen LogP contribution is -2.35. The van der Waals surface area contributed by atoms with Gasteiger partial charge in [0.2, 0.25) is 5.91 Å². The Morgan fingerprint density at radius 3 is 2.91 bits per heavy atom. The van der Waals surface area contributed by atoms with E-state index >= 15 is 0 Å². The molecule has 0 saturated carbocycles. The Balaban J connectivity index is 2.53. The zero-order valence-electron chi connectivity index (χ0n) is 5.83. The van der Waals surface area contributed by atoms with Gasteiger partial charge in [-0.05, 0) is 10.7 Å². The Kier molecular flexibility index (Phi) is 2.62. The Hall–Kier alpha value is -0.420. The summed E-state index contributed by atoms with van der Waals surface area (Å²) >= 11 is 0. The molecule has 0 radical (unpaired) electrons. The molecule has 1 aliphatic heterocycles. The molecular weight excluding hydrogens is 188 g/mol. The first-order chi connectivity index (χ1) is 5.15. The van der Waals surface area contributed by atoms with Crippen LogP contribution in [0, 0.1) is 5.92 Å². The van der Waals surface area contributed by atoms with E-state index in [1.165, 1.54) is 5.01 Å².